The van der Waals surface area contributed by atoms with Crippen molar-refractivity contribution in [2.45, 2.75) is 32.4 Å². The van der Waals surface area contributed by atoms with Crippen LogP contribution in [0.2, 0.25) is 0 Å². The summed E-state index contributed by atoms with van der Waals surface area (Å²) in [6, 6.07) is -0.706. The Kier molecular flexibility index (Phi) is 3.71. The number of carbonyl (C=O) groups excluding carboxylic acids is 2. The predicted octanol–water partition coefficient (Wildman–Crippen LogP) is -0.751. The van der Waals surface area contributed by atoms with Crippen molar-refractivity contribution in [3.63, 3.8) is 0 Å². The Balaban J connectivity index is 1.94. The summed E-state index contributed by atoms with van der Waals surface area (Å²) in [6.45, 7) is 5.70. The maximum absolute atomic E-state index is 12.6. The van der Waals surface area contributed by atoms with Crippen molar-refractivity contribution in [1.82, 2.24) is 14.5 Å². The number of hydrogen-bond donors (Lipinski definition) is 1. The van der Waals surface area contributed by atoms with Crippen molar-refractivity contribution in [3.05, 3.63) is 0 Å². The van der Waals surface area contributed by atoms with Gasteiger partial charge in [0, 0.05) is 19.6 Å². The molecule has 22 heavy (non-hydrogen) atoms. The molecule has 0 aromatic heterocycles. The minimum absolute atomic E-state index is 0.000310. The molecule has 124 valence electrons. The standard InChI is InChI=1S/C14H23N3O4S/c1-8(2)11-12-10(17(14(11)19)22(3,20)21)4-5-16(12)13(18)9-6-15-7-9/h8-12,15H,4-7H2,1-3H3. The molecule has 3 unspecified atom stereocenters. The zero-order valence-corrected chi connectivity index (χ0v) is 14.0. The van der Waals surface area contributed by atoms with Gasteiger partial charge in [-0.3, -0.25) is 9.59 Å². The highest BCUT2D eigenvalue weighted by molar-refractivity contribution is 7.88. The average Bonchev–Trinajstić information content (AvgIpc) is 2.80. The van der Waals surface area contributed by atoms with Gasteiger partial charge in [-0.25, -0.2) is 12.7 Å². The van der Waals surface area contributed by atoms with Gasteiger partial charge in [-0.2, -0.15) is 0 Å². The van der Waals surface area contributed by atoms with E-state index in [1.807, 2.05) is 13.8 Å². The van der Waals surface area contributed by atoms with Gasteiger partial charge in [0.05, 0.1) is 30.2 Å². The van der Waals surface area contributed by atoms with Crippen LogP contribution in [0, 0.1) is 17.8 Å². The third-order valence-corrected chi connectivity index (χ3v) is 6.25. The largest absolute Gasteiger partial charge is 0.336 e. The maximum atomic E-state index is 12.6. The number of nitrogens with zero attached hydrogens (tertiary/aromatic N) is 2. The summed E-state index contributed by atoms with van der Waals surface area (Å²) in [6.07, 6.45) is 1.61. The maximum Gasteiger partial charge on any atom is 0.241 e. The molecule has 0 aliphatic carbocycles. The molecule has 7 nitrogen and oxygen atoms in total. The van der Waals surface area contributed by atoms with Crippen molar-refractivity contribution in [3.8, 4) is 0 Å². The fraction of sp³-hybridized carbons (Fsp3) is 0.857. The Bertz CT molecular complexity index is 599. The van der Waals surface area contributed by atoms with E-state index in [1.54, 1.807) is 4.90 Å². The molecular weight excluding hydrogens is 306 g/mol. The zero-order chi connectivity index (χ0) is 16.2. The Morgan fingerprint density at radius 1 is 1.32 bits per heavy atom. The monoisotopic (exact) mass is 329 g/mol. The van der Waals surface area contributed by atoms with Gasteiger partial charge in [-0.05, 0) is 12.3 Å². The molecular formula is C14H23N3O4S. The van der Waals surface area contributed by atoms with Gasteiger partial charge in [0.15, 0.2) is 0 Å². The molecule has 0 aromatic carbocycles. The molecule has 3 fully saturated rings. The quantitative estimate of drug-likeness (QED) is 0.736. The van der Waals surface area contributed by atoms with Crippen LogP contribution in [0.1, 0.15) is 20.3 Å². The summed E-state index contributed by atoms with van der Waals surface area (Å²) in [5, 5.41) is 3.08. The second kappa shape index (κ2) is 5.19. The van der Waals surface area contributed by atoms with E-state index in [0.717, 1.165) is 10.6 Å². The van der Waals surface area contributed by atoms with Gasteiger partial charge in [0.2, 0.25) is 21.8 Å². The van der Waals surface area contributed by atoms with Crippen LogP contribution < -0.4 is 5.32 Å². The molecule has 0 saturated carbocycles. The molecule has 0 radical (unpaired) electrons. The number of sulfonamides is 1. The van der Waals surface area contributed by atoms with Crippen LogP contribution in [0.4, 0.5) is 0 Å². The number of hydrogen-bond acceptors (Lipinski definition) is 5. The lowest BCUT2D eigenvalue weighted by molar-refractivity contribution is -0.139. The van der Waals surface area contributed by atoms with Gasteiger partial charge in [-0.15, -0.1) is 0 Å². The molecule has 3 heterocycles. The number of rotatable bonds is 3. The Morgan fingerprint density at radius 2 is 1.95 bits per heavy atom. The number of likely N-dealkylation sites (tertiary alicyclic amines) is 1. The number of carbonyl (C=O) groups is 2. The molecule has 3 aliphatic heterocycles. The Morgan fingerprint density at radius 3 is 2.41 bits per heavy atom. The molecule has 0 bridgehead atoms. The van der Waals surface area contributed by atoms with Gasteiger partial charge < -0.3 is 10.2 Å². The molecule has 3 rings (SSSR count). The topological polar surface area (TPSA) is 86.8 Å². The van der Waals surface area contributed by atoms with E-state index >= 15 is 0 Å². The Labute approximate surface area is 131 Å². The lowest BCUT2D eigenvalue weighted by atomic mass is 9.87. The van der Waals surface area contributed by atoms with E-state index in [2.05, 4.69) is 5.32 Å². The first-order valence-corrected chi connectivity index (χ1v) is 9.62. The van der Waals surface area contributed by atoms with Crippen LogP contribution in [0.15, 0.2) is 0 Å². The highest BCUT2D eigenvalue weighted by Crippen LogP contribution is 2.41. The second-order valence-corrected chi connectivity index (χ2v) is 8.76. The molecule has 1 N–H and O–H groups in total. The van der Waals surface area contributed by atoms with Crippen molar-refractivity contribution in [1.29, 1.82) is 0 Å². The number of nitrogens with one attached hydrogen (secondary N) is 1. The van der Waals surface area contributed by atoms with E-state index in [-0.39, 0.29) is 29.7 Å². The van der Waals surface area contributed by atoms with E-state index in [4.69, 9.17) is 0 Å². The van der Waals surface area contributed by atoms with Gasteiger partial charge >= 0.3 is 0 Å². The van der Waals surface area contributed by atoms with Crippen molar-refractivity contribution >= 4 is 21.8 Å². The molecule has 0 spiro atoms. The first-order valence-electron chi connectivity index (χ1n) is 7.78. The fourth-order valence-corrected chi connectivity index (χ4v) is 5.16. The second-order valence-electron chi connectivity index (χ2n) is 6.90. The van der Waals surface area contributed by atoms with Gasteiger partial charge in [0.1, 0.15) is 0 Å². The minimum atomic E-state index is -3.60. The summed E-state index contributed by atoms with van der Waals surface area (Å²) >= 11 is 0. The molecule has 0 aromatic rings. The number of amides is 2. The highest BCUT2D eigenvalue weighted by Gasteiger charge is 2.58. The average molecular weight is 329 g/mol. The molecule has 3 atom stereocenters. The van der Waals surface area contributed by atoms with E-state index in [1.165, 1.54) is 0 Å². The molecule has 3 aliphatic rings. The van der Waals surface area contributed by atoms with E-state index in [0.29, 0.717) is 26.1 Å². The highest BCUT2D eigenvalue weighted by atomic mass is 32.2. The SMILES string of the molecule is CC(C)C1C(=O)N(S(C)(=O)=O)C2CCN(C(=O)C3CNC3)C12. The normalized spacial score (nSPS) is 32.5. The molecule has 2 amide bonds. The summed E-state index contributed by atoms with van der Waals surface area (Å²) in [7, 11) is -3.60. The predicted molar refractivity (Wildman–Crippen MR) is 80.3 cm³/mol. The first-order chi connectivity index (χ1) is 10.2. The first kappa shape index (κ1) is 15.7. The third kappa shape index (κ3) is 2.23. The smallest absolute Gasteiger partial charge is 0.241 e. The van der Waals surface area contributed by atoms with Crippen LogP contribution in [0.25, 0.3) is 0 Å². The molecule has 8 heteroatoms. The van der Waals surface area contributed by atoms with Gasteiger partial charge in [0.25, 0.3) is 0 Å². The van der Waals surface area contributed by atoms with Crippen LogP contribution in [-0.4, -0.2) is 67.4 Å². The summed E-state index contributed by atoms with van der Waals surface area (Å²) < 4.78 is 25.1. The van der Waals surface area contributed by atoms with Crippen LogP contribution in [0.5, 0.6) is 0 Å². The van der Waals surface area contributed by atoms with Gasteiger partial charge in [-0.1, -0.05) is 13.8 Å². The van der Waals surface area contributed by atoms with E-state index in [9.17, 15) is 18.0 Å². The third-order valence-electron chi connectivity index (χ3n) is 5.08. The summed E-state index contributed by atoms with van der Waals surface area (Å²) in [5.74, 6) is -0.760. The lowest BCUT2D eigenvalue weighted by Crippen LogP contribution is -2.55. The van der Waals surface area contributed by atoms with Crippen LogP contribution >= 0.6 is 0 Å². The minimum Gasteiger partial charge on any atom is -0.336 e. The summed E-state index contributed by atoms with van der Waals surface area (Å²) in [4.78, 5) is 27.0. The van der Waals surface area contributed by atoms with Crippen LogP contribution in [0.3, 0.4) is 0 Å². The number of fused-ring (bicyclic) bond motifs is 1. The lowest BCUT2D eigenvalue weighted by Gasteiger charge is -2.35. The van der Waals surface area contributed by atoms with Crippen molar-refractivity contribution in [2.24, 2.45) is 17.8 Å². The van der Waals surface area contributed by atoms with Crippen molar-refractivity contribution in [2.75, 3.05) is 25.9 Å². The Hall–Kier alpha value is -1.15. The fourth-order valence-electron chi connectivity index (χ4n) is 3.99. The van der Waals surface area contributed by atoms with Crippen LogP contribution in [-0.2, 0) is 19.6 Å². The zero-order valence-electron chi connectivity index (χ0n) is 13.2. The van der Waals surface area contributed by atoms with E-state index < -0.39 is 22.0 Å². The molecule has 3 saturated heterocycles. The summed E-state index contributed by atoms with van der Waals surface area (Å²) in [5.41, 5.74) is 0. The van der Waals surface area contributed by atoms with Crippen molar-refractivity contribution < 1.29 is 18.0 Å².